The Hall–Kier alpha value is -3.32. The molecule has 0 aliphatic carbocycles. The van der Waals surface area contributed by atoms with Crippen molar-refractivity contribution in [2.45, 2.75) is 17.9 Å². The number of nitrogens with zero attached hydrogens (tertiary/aromatic N) is 3. The Morgan fingerprint density at radius 3 is 2.48 bits per heavy atom. The van der Waals surface area contributed by atoms with Crippen molar-refractivity contribution in [3.63, 3.8) is 0 Å². The molecule has 1 saturated heterocycles. The van der Waals surface area contributed by atoms with Crippen molar-refractivity contribution in [1.29, 1.82) is 0 Å². The van der Waals surface area contributed by atoms with Crippen molar-refractivity contribution >= 4 is 21.7 Å². The average Bonchev–Trinajstić information content (AvgIpc) is 2.81. The number of hydrogen-bond acceptors (Lipinski definition) is 6. The first-order valence-electron chi connectivity index (χ1n) is 9.94. The van der Waals surface area contributed by atoms with Crippen molar-refractivity contribution in [2.75, 3.05) is 32.8 Å². The van der Waals surface area contributed by atoms with E-state index in [2.05, 4.69) is 5.32 Å². The van der Waals surface area contributed by atoms with E-state index in [9.17, 15) is 32.1 Å². The molecule has 1 aliphatic rings. The quantitative estimate of drug-likeness (QED) is 0.454. The van der Waals surface area contributed by atoms with Crippen LogP contribution in [0.5, 0.6) is 5.75 Å². The molecule has 0 bridgehead atoms. The molecule has 2 amide bonds. The number of sulfonamides is 1. The predicted octanol–water partition coefficient (Wildman–Crippen LogP) is 2.45. The largest absolute Gasteiger partial charge is 0.488 e. The molecule has 0 atom stereocenters. The average molecular weight is 484 g/mol. The zero-order valence-corrected chi connectivity index (χ0v) is 18.2. The summed E-state index contributed by atoms with van der Waals surface area (Å²) in [5.74, 6) is 0.266. The van der Waals surface area contributed by atoms with Gasteiger partial charge in [-0.15, -0.1) is 0 Å². The molecule has 1 heterocycles. The zero-order chi connectivity index (χ0) is 24.0. The van der Waals surface area contributed by atoms with Gasteiger partial charge < -0.3 is 15.0 Å². The topological polar surface area (TPSA) is 122 Å². The van der Waals surface area contributed by atoms with Gasteiger partial charge in [-0.25, -0.2) is 22.0 Å². The molecular weight excluding hydrogens is 462 g/mol. The minimum atomic E-state index is -3.94. The number of nitro groups is 1. The third-order valence-electron chi connectivity index (χ3n) is 4.91. The van der Waals surface area contributed by atoms with Crippen LogP contribution in [-0.4, -0.2) is 67.8 Å². The Morgan fingerprint density at radius 1 is 1.12 bits per heavy atom. The minimum Gasteiger partial charge on any atom is -0.488 e. The maximum atomic E-state index is 12.8. The van der Waals surface area contributed by atoms with Crippen LogP contribution in [-0.2, 0) is 16.6 Å². The van der Waals surface area contributed by atoms with E-state index in [1.807, 2.05) is 0 Å². The minimum absolute atomic E-state index is 0.0371. The van der Waals surface area contributed by atoms with Gasteiger partial charge in [0.1, 0.15) is 12.4 Å². The van der Waals surface area contributed by atoms with Crippen LogP contribution >= 0.6 is 0 Å². The lowest BCUT2D eigenvalue weighted by Gasteiger charge is -2.34. The van der Waals surface area contributed by atoms with Crippen LogP contribution < -0.4 is 10.1 Å². The summed E-state index contributed by atoms with van der Waals surface area (Å²) in [6.45, 7) is -0.240. The second kappa shape index (κ2) is 10.5. The number of non-ortho nitro benzene ring substituents is 1. The van der Waals surface area contributed by atoms with Gasteiger partial charge in [0.2, 0.25) is 10.0 Å². The van der Waals surface area contributed by atoms with Gasteiger partial charge in [-0.3, -0.25) is 10.1 Å². The van der Waals surface area contributed by atoms with E-state index in [0.717, 1.165) is 6.07 Å². The van der Waals surface area contributed by atoms with Crippen LogP contribution in [0.25, 0.3) is 0 Å². The number of nitro benzene ring substituents is 1. The van der Waals surface area contributed by atoms with Gasteiger partial charge in [0.15, 0.2) is 0 Å². The van der Waals surface area contributed by atoms with E-state index in [-0.39, 0.29) is 49.1 Å². The molecule has 1 N–H and O–H groups in total. The predicted molar refractivity (Wildman–Crippen MR) is 114 cm³/mol. The number of carbonyl (C=O) groups is 1. The molecule has 0 unspecified atom stereocenters. The summed E-state index contributed by atoms with van der Waals surface area (Å²) in [5.41, 5.74) is 0.333. The lowest BCUT2D eigenvalue weighted by molar-refractivity contribution is -0.385. The first kappa shape index (κ1) is 24.3. The summed E-state index contributed by atoms with van der Waals surface area (Å²) in [5, 5.41) is 13.6. The monoisotopic (exact) mass is 484 g/mol. The lowest BCUT2D eigenvalue weighted by atomic mass is 10.2. The maximum Gasteiger partial charge on any atom is 0.317 e. The number of benzene rings is 2. The Balaban J connectivity index is 1.53. The fraction of sp³-hybridized carbons (Fsp3) is 0.350. The highest BCUT2D eigenvalue weighted by Crippen LogP contribution is 2.22. The molecule has 13 heteroatoms. The number of carbonyl (C=O) groups excluding carboxylic acids is 1. The highest BCUT2D eigenvalue weighted by atomic mass is 32.2. The van der Waals surface area contributed by atoms with E-state index in [0.29, 0.717) is 5.56 Å². The number of hydrogen-bond donors (Lipinski definition) is 1. The first-order chi connectivity index (χ1) is 15.7. The molecule has 0 aromatic heterocycles. The van der Waals surface area contributed by atoms with Gasteiger partial charge in [-0.2, -0.15) is 4.31 Å². The molecular formula is C20H22F2N4O6S. The van der Waals surface area contributed by atoms with Crippen LogP contribution in [0.15, 0.2) is 53.4 Å². The van der Waals surface area contributed by atoms with Crippen molar-refractivity contribution in [3.8, 4) is 5.75 Å². The fourth-order valence-electron chi connectivity index (χ4n) is 3.23. The number of piperazine rings is 1. The molecule has 0 radical (unpaired) electrons. The van der Waals surface area contributed by atoms with E-state index in [1.54, 1.807) is 18.2 Å². The van der Waals surface area contributed by atoms with Crippen molar-refractivity contribution in [3.05, 3.63) is 64.2 Å². The van der Waals surface area contributed by atoms with E-state index >= 15 is 0 Å². The fourth-order valence-corrected chi connectivity index (χ4v) is 4.69. The molecule has 2 aromatic carbocycles. The molecule has 1 aliphatic heterocycles. The summed E-state index contributed by atoms with van der Waals surface area (Å²) in [4.78, 5) is 24.0. The third kappa shape index (κ3) is 6.35. The molecule has 33 heavy (non-hydrogen) atoms. The van der Waals surface area contributed by atoms with Gasteiger partial charge in [0.05, 0.1) is 9.82 Å². The maximum absolute atomic E-state index is 12.8. The molecule has 3 rings (SSSR count). The van der Waals surface area contributed by atoms with E-state index < -0.39 is 34.0 Å². The van der Waals surface area contributed by atoms with Gasteiger partial charge in [0.25, 0.3) is 12.1 Å². The van der Waals surface area contributed by atoms with E-state index in [1.165, 1.54) is 33.5 Å². The molecule has 0 spiro atoms. The number of urea groups is 1. The summed E-state index contributed by atoms with van der Waals surface area (Å²) in [6, 6.07) is 10.8. The molecule has 2 aromatic rings. The van der Waals surface area contributed by atoms with Crippen molar-refractivity contribution in [2.24, 2.45) is 0 Å². The number of nitrogens with one attached hydrogen (secondary N) is 1. The summed E-state index contributed by atoms with van der Waals surface area (Å²) < 4.78 is 56.3. The lowest BCUT2D eigenvalue weighted by Crippen LogP contribution is -2.52. The molecule has 1 fully saturated rings. The highest BCUT2D eigenvalue weighted by molar-refractivity contribution is 7.89. The van der Waals surface area contributed by atoms with Crippen molar-refractivity contribution < 1.29 is 31.7 Å². The Labute approximate surface area is 188 Å². The number of halogens is 2. The Kier molecular flexibility index (Phi) is 7.76. The van der Waals surface area contributed by atoms with Crippen LogP contribution in [0.1, 0.15) is 5.56 Å². The SMILES string of the molecule is O=C(NCc1cccc(OCC(F)F)c1)N1CCN(S(=O)(=O)c2cccc([N+](=O)[O-])c2)CC1. The summed E-state index contributed by atoms with van der Waals surface area (Å²) >= 11 is 0. The second-order valence-electron chi connectivity index (χ2n) is 7.15. The normalized spacial score (nSPS) is 14.8. The summed E-state index contributed by atoms with van der Waals surface area (Å²) in [6.07, 6.45) is -2.59. The third-order valence-corrected chi connectivity index (χ3v) is 6.80. The number of ether oxygens (including phenoxy) is 1. The molecule has 0 saturated carbocycles. The number of rotatable bonds is 8. The van der Waals surface area contributed by atoms with Gasteiger partial charge in [-0.05, 0) is 23.8 Å². The Bertz CT molecular complexity index is 1110. The van der Waals surface area contributed by atoms with Crippen LogP contribution in [0.3, 0.4) is 0 Å². The standard InChI is InChI=1S/C20H22F2N4O6S/c21-19(22)14-32-17-5-1-3-15(11-17)13-23-20(27)24-7-9-25(10-8-24)33(30,31)18-6-2-4-16(12-18)26(28)29/h1-6,11-12,19H,7-10,13-14H2,(H,23,27). The second-order valence-corrected chi connectivity index (χ2v) is 9.09. The first-order valence-corrected chi connectivity index (χ1v) is 11.4. The molecule has 10 nitrogen and oxygen atoms in total. The van der Waals surface area contributed by atoms with Gasteiger partial charge in [-0.1, -0.05) is 18.2 Å². The number of amides is 2. The highest BCUT2D eigenvalue weighted by Gasteiger charge is 2.31. The van der Waals surface area contributed by atoms with Crippen LogP contribution in [0.2, 0.25) is 0 Å². The summed E-state index contributed by atoms with van der Waals surface area (Å²) in [7, 11) is -3.94. The van der Waals surface area contributed by atoms with E-state index in [4.69, 9.17) is 4.74 Å². The smallest absolute Gasteiger partial charge is 0.317 e. The van der Waals surface area contributed by atoms with Gasteiger partial charge in [0, 0.05) is 44.9 Å². The van der Waals surface area contributed by atoms with Crippen molar-refractivity contribution in [1.82, 2.24) is 14.5 Å². The number of alkyl halides is 2. The Morgan fingerprint density at radius 2 is 1.82 bits per heavy atom. The molecule has 178 valence electrons. The zero-order valence-electron chi connectivity index (χ0n) is 17.4. The van der Waals surface area contributed by atoms with Gasteiger partial charge >= 0.3 is 6.03 Å². The van der Waals surface area contributed by atoms with Crippen LogP contribution in [0.4, 0.5) is 19.3 Å². The van der Waals surface area contributed by atoms with Crippen LogP contribution in [0, 0.1) is 10.1 Å².